The molecule has 2 atom stereocenters. The number of hydrogen-bond acceptors (Lipinski definition) is 3. The first-order chi connectivity index (χ1) is 9.52. The van der Waals surface area contributed by atoms with Gasteiger partial charge in [-0.2, -0.15) is 5.26 Å². The molecule has 0 aromatic heterocycles. The minimum absolute atomic E-state index is 0.255. The van der Waals surface area contributed by atoms with Crippen LogP contribution in [-0.2, 0) is 9.84 Å². The second-order valence-electron chi connectivity index (χ2n) is 5.74. The fourth-order valence-corrected chi connectivity index (χ4v) is 5.54. The summed E-state index contributed by atoms with van der Waals surface area (Å²) in [4.78, 5) is 0. The monoisotopic (exact) mass is 287 g/mol. The van der Waals surface area contributed by atoms with Crippen LogP contribution in [0.25, 0.3) is 5.57 Å². The van der Waals surface area contributed by atoms with Crippen molar-refractivity contribution < 1.29 is 8.42 Å². The number of nitrogens with zero attached hydrogens (tertiary/aromatic N) is 1. The highest BCUT2D eigenvalue weighted by Crippen LogP contribution is 2.39. The number of fused-ring (bicyclic) bond motifs is 2. The van der Waals surface area contributed by atoms with Crippen molar-refractivity contribution in [2.24, 2.45) is 0 Å². The quantitative estimate of drug-likeness (QED) is 0.798. The molecule has 3 rings (SSSR count). The molecule has 0 spiro atoms. The van der Waals surface area contributed by atoms with E-state index < -0.39 is 9.84 Å². The first kappa shape index (κ1) is 13.4. The predicted molar refractivity (Wildman–Crippen MR) is 78.8 cm³/mol. The lowest BCUT2D eigenvalue weighted by Gasteiger charge is -2.33. The van der Waals surface area contributed by atoms with Gasteiger partial charge in [-0.1, -0.05) is 24.6 Å². The van der Waals surface area contributed by atoms with Gasteiger partial charge in [0.1, 0.15) is 0 Å². The van der Waals surface area contributed by atoms with Gasteiger partial charge < -0.3 is 0 Å². The number of rotatable bonds is 1. The number of benzene rings is 1. The highest BCUT2D eigenvalue weighted by atomic mass is 32.2. The Morgan fingerprint density at radius 1 is 1.30 bits per heavy atom. The SMILES string of the molecule is Cc1ccc(C2=CC3CCCC(C2)S3(=O)=O)c(C#N)c1. The van der Waals surface area contributed by atoms with Gasteiger partial charge in [0.25, 0.3) is 0 Å². The van der Waals surface area contributed by atoms with Crippen LogP contribution in [0.4, 0.5) is 0 Å². The molecule has 0 amide bonds. The lowest BCUT2D eigenvalue weighted by molar-refractivity contribution is 0.518. The molecule has 2 heterocycles. The van der Waals surface area contributed by atoms with Crippen molar-refractivity contribution in [1.29, 1.82) is 5.26 Å². The van der Waals surface area contributed by atoms with Crippen molar-refractivity contribution in [1.82, 2.24) is 0 Å². The first-order valence-electron chi connectivity index (χ1n) is 6.97. The van der Waals surface area contributed by atoms with E-state index in [0.29, 0.717) is 12.0 Å². The van der Waals surface area contributed by atoms with Gasteiger partial charge in [-0.3, -0.25) is 0 Å². The second kappa shape index (κ2) is 4.75. The third kappa shape index (κ3) is 2.06. The molecule has 1 fully saturated rings. The van der Waals surface area contributed by atoms with Gasteiger partial charge in [0.2, 0.25) is 0 Å². The van der Waals surface area contributed by atoms with Gasteiger partial charge in [0, 0.05) is 0 Å². The third-order valence-corrected chi connectivity index (χ3v) is 6.92. The fraction of sp³-hybridized carbons (Fsp3) is 0.438. The van der Waals surface area contributed by atoms with E-state index in [9.17, 15) is 13.7 Å². The number of hydrogen-bond donors (Lipinski definition) is 0. The molecule has 1 aromatic rings. The zero-order valence-electron chi connectivity index (χ0n) is 11.5. The molecule has 0 radical (unpaired) electrons. The van der Waals surface area contributed by atoms with E-state index in [1.165, 1.54) is 0 Å². The Bertz CT molecular complexity index is 725. The van der Waals surface area contributed by atoms with Crippen LogP contribution in [-0.4, -0.2) is 18.9 Å². The molecule has 1 aromatic carbocycles. The van der Waals surface area contributed by atoms with Gasteiger partial charge in [-0.15, -0.1) is 0 Å². The van der Waals surface area contributed by atoms with Crippen LogP contribution in [0.2, 0.25) is 0 Å². The molecule has 0 aliphatic carbocycles. The number of allylic oxidation sites excluding steroid dienone is 1. The van der Waals surface area contributed by atoms with Crippen LogP contribution >= 0.6 is 0 Å². The van der Waals surface area contributed by atoms with E-state index in [0.717, 1.165) is 36.0 Å². The first-order valence-corrected chi connectivity index (χ1v) is 8.58. The van der Waals surface area contributed by atoms with Crippen LogP contribution in [0.3, 0.4) is 0 Å². The van der Waals surface area contributed by atoms with Crippen molar-refractivity contribution in [3.63, 3.8) is 0 Å². The Hall–Kier alpha value is -1.60. The van der Waals surface area contributed by atoms with Crippen molar-refractivity contribution in [3.8, 4) is 6.07 Å². The molecule has 4 heteroatoms. The molecule has 3 nitrogen and oxygen atoms in total. The molecule has 20 heavy (non-hydrogen) atoms. The molecule has 2 bridgehead atoms. The Morgan fingerprint density at radius 3 is 2.80 bits per heavy atom. The predicted octanol–water partition coefficient (Wildman–Crippen LogP) is 2.99. The Kier molecular flexibility index (Phi) is 3.18. The molecule has 1 saturated heterocycles. The second-order valence-corrected chi connectivity index (χ2v) is 8.19. The summed E-state index contributed by atoms with van der Waals surface area (Å²) in [7, 11) is -2.99. The van der Waals surface area contributed by atoms with E-state index in [1.54, 1.807) is 0 Å². The molecular formula is C16H17NO2S. The fourth-order valence-electron chi connectivity index (χ4n) is 3.29. The molecule has 2 unspecified atom stereocenters. The van der Waals surface area contributed by atoms with Gasteiger partial charge in [0.15, 0.2) is 9.84 Å². The summed E-state index contributed by atoms with van der Waals surface area (Å²) >= 11 is 0. The van der Waals surface area contributed by atoms with E-state index >= 15 is 0 Å². The highest BCUT2D eigenvalue weighted by Gasteiger charge is 2.40. The van der Waals surface area contributed by atoms with E-state index in [4.69, 9.17) is 0 Å². The summed E-state index contributed by atoms with van der Waals surface area (Å²) in [6.45, 7) is 1.96. The number of sulfone groups is 1. The average Bonchev–Trinajstić information content (AvgIpc) is 2.37. The van der Waals surface area contributed by atoms with E-state index in [2.05, 4.69) is 6.07 Å². The molecule has 2 aliphatic rings. The van der Waals surface area contributed by atoms with Crippen LogP contribution < -0.4 is 0 Å². The molecule has 0 N–H and O–H groups in total. The van der Waals surface area contributed by atoms with Crippen LogP contribution in [0.1, 0.15) is 42.4 Å². The van der Waals surface area contributed by atoms with Crippen LogP contribution in [0.15, 0.2) is 24.3 Å². The van der Waals surface area contributed by atoms with Gasteiger partial charge in [-0.05, 0) is 49.0 Å². The molecule has 104 valence electrons. The Balaban J connectivity index is 2.09. The van der Waals surface area contributed by atoms with Crippen LogP contribution in [0.5, 0.6) is 0 Å². The molecular weight excluding hydrogens is 270 g/mol. The molecule has 2 aliphatic heterocycles. The summed E-state index contributed by atoms with van der Waals surface area (Å²) in [6.07, 6.45) is 4.89. The maximum Gasteiger partial charge on any atom is 0.159 e. The third-order valence-electron chi connectivity index (χ3n) is 4.38. The lowest BCUT2D eigenvalue weighted by atomic mass is 9.90. The number of nitriles is 1. The van der Waals surface area contributed by atoms with E-state index in [1.807, 2.05) is 31.2 Å². The van der Waals surface area contributed by atoms with E-state index in [-0.39, 0.29) is 10.5 Å². The smallest absolute Gasteiger partial charge is 0.159 e. The average molecular weight is 287 g/mol. The van der Waals surface area contributed by atoms with Gasteiger partial charge >= 0.3 is 0 Å². The van der Waals surface area contributed by atoms with Gasteiger partial charge in [-0.25, -0.2) is 8.42 Å². The van der Waals surface area contributed by atoms with Crippen molar-refractivity contribution in [2.75, 3.05) is 0 Å². The number of aryl methyl sites for hydroxylation is 1. The maximum absolute atomic E-state index is 12.3. The summed E-state index contributed by atoms with van der Waals surface area (Å²) in [6, 6.07) is 8.03. The van der Waals surface area contributed by atoms with Crippen molar-refractivity contribution >= 4 is 15.4 Å². The summed E-state index contributed by atoms with van der Waals surface area (Å²) in [5, 5.41) is 8.68. The minimum atomic E-state index is -2.99. The lowest BCUT2D eigenvalue weighted by Crippen LogP contribution is -2.38. The normalized spacial score (nSPS) is 27.5. The molecule has 0 saturated carbocycles. The zero-order valence-corrected chi connectivity index (χ0v) is 12.3. The highest BCUT2D eigenvalue weighted by molar-refractivity contribution is 7.93. The topological polar surface area (TPSA) is 57.9 Å². The standard InChI is InChI=1S/C16H17NO2S/c1-11-5-6-16(13(7-11)10-17)12-8-14-3-2-4-15(9-12)20(14,18)19/h5-8,14-15H,2-4,9H2,1H3. The maximum atomic E-state index is 12.3. The van der Waals surface area contributed by atoms with Gasteiger partial charge in [0.05, 0.1) is 22.1 Å². The van der Waals surface area contributed by atoms with Crippen molar-refractivity contribution in [2.45, 2.75) is 43.1 Å². The van der Waals surface area contributed by atoms with Crippen LogP contribution in [0, 0.1) is 18.3 Å². The largest absolute Gasteiger partial charge is 0.228 e. The Labute approximate surface area is 119 Å². The summed E-state index contributed by atoms with van der Waals surface area (Å²) in [5.74, 6) is 0. The minimum Gasteiger partial charge on any atom is -0.228 e. The summed E-state index contributed by atoms with van der Waals surface area (Å²) < 4.78 is 24.5. The summed E-state index contributed by atoms with van der Waals surface area (Å²) in [5.41, 5.74) is 3.64. The van der Waals surface area contributed by atoms with Crippen molar-refractivity contribution in [3.05, 3.63) is 41.0 Å². The zero-order chi connectivity index (χ0) is 14.3. The Morgan fingerprint density at radius 2 is 2.10 bits per heavy atom.